The van der Waals surface area contributed by atoms with Gasteiger partial charge in [-0.05, 0) is 37.8 Å². The topological polar surface area (TPSA) is 47.8 Å². The van der Waals surface area contributed by atoms with E-state index in [1.807, 2.05) is 24.3 Å². The Morgan fingerprint density at radius 3 is 2.73 bits per heavy atom. The van der Waals surface area contributed by atoms with Crippen molar-refractivity contribution in [3.63, 3.8) is 0 Å². The van der Waals surface area contributed by atoms with Crippen molar-refractivity contribution in [1.82, 2.24) is 15.0 Å². The van der Waals surface area contributed by atoms with Crippen molar-refractivity contribution in [2.45, 2.75) is 58.3 Å². The molecular weight excluding hydrogens is 274 g/mol. The van der Waals surface area contributed by atoms with Gasteiger partial charge in [-0.1, -0.05) is 55.7 Å². The van der Waals surface area contributed by atoms with E-state index in [4.69, 9.17) is 0 Å². The first-order valence-corrected chi connectivity index (χ1v) is 8.31. The first kappa shape index (κ1) is 16.4. The van der Waals surface area contributed by atoms with Gasteiger partial charge >= 0.3 is 0 Å². The zero-order chi connectivity index (χ0) is 15.6. The van der Waals surface area contributed by atoms with Crippen molar-refractivity contribution in [3.8, 4) is 0 Å². The summed E-state index contributed by atoms with van der Waals surface area (Å²) in [5.74, 6) is 0.0385. The van der Waals surface area contributed by atoms with Crippen molar-refractivity contribution < 1.29 is 4.79 Å². The van der Waals surface area contributed by atoms with Gasteiger partial charge in [0.25, 0.3) is 0 Å². The number of nitrogens with zero attached hydrogens (tertiary/aromatic N) is 3. The number of carbonyl (C=O) groups is 1. The van der Waals surface area contributed by atoms with Gasteiger partial charge in [-0.25, -0.2) is 0 Å². The number of aromatic nitrogens is 3. The number of para-hydroxylation sites is 1. The van der Waals surface area contributed by atoms with Crippen molar-refractivity contribution >= 4 is 16.9 Å². The van der Waals surface area contributed by atoms with Crippen LogP contribution < -0.4 is 0 Å². The average Bonchev–Trinajstić information content (AvgIpc) is 2.97. The molecule has 1 heterocycles. The first-order valence-electron chi connectivity index (χ1n) is 8.31. The third-order valence-corrected chi connectivity index (χ3v) is 3.72. The second-order valence-corrected chi connectivity index (χ2v) is 5.60. The Morgan fingerprint density at radius 1 is 1.09 bits per heavy atom. The van der Waals surface area contributed by atoms with Crippen molar-refractivity contribution in [2.24, 2.45) is 0 Å². The zero-order valence-corrected chi connectivity index (χ0v) is 13.4. The van der Waals surface area contributed by atoms with E-state index < -0.39 is 0 Å². The van der Waals surface area contributed by atoms with Gasteiger partial charge in [0.1, 0.15) is 5.52 Å². The number of allylic oxidation sites excluding steroid dienone is 2. The molecule has 0 saturated carbocycles. The Balaban J connectivity index is 1.66. The molecule has 0 radical (unpaired) electrons. The molecule has 1 aromatic heterocycles. The molecule has 2 rings (SSSR count). The Labute approximate surface area is 132 Å². The van der Waals surface area contributed by atoms with Gasteiger partial charge < -0.3 is 0 Å². The highest BCUT2D eigenvalue weighted by Gasteiger charge is 2.10. The van der Waals surface area contributed by atoms with Gasteiger partial charge in [0.2, 0.25) is 5.91 Å². The van der Waals surface area contributed by atoms with Gasteiger partial charge in [-0.3, -0.25) is 4.79 Å². The zero-order valence-electron chi connectivity index (χ0n) is 13.4. The van der Waals surface area contributed by atoms with Crippen LogP contribution in [-0.2, 0) is 0 Å². The van der Waals surface area contributed by atoms with Crippen molar-refractivity contribution in [2.75, 3.05) is 0 Å². The van der Waals surface area contributed by atoms with Gasteiger partial charge in [0.15, 0.2) is 0 Å². The van der Waals surface area contributed by atoms with Gasteiger partial charge in [0, 0.05) is 6.42 Å². The lowest BCUT2D eigenvalue weighted by Crippen LogP contribution is -2.12. The maximum Gasteiger partial charge on any atom is 0.248 e. The van der Waals surface area contributed by atoms with E-state index in [0.29, 0.717) is 6.42 Å². The summed E-state index contributed by atoms with van der Waals surface area (Å²) in [5, 5.41) is 7.98. The Hall–Kier alpha value is -1.97. The summed E-state index contributed by atoms with van der Waals surface area (Å²) < 4.78 is 1.43. The van der Waals surface area contributed by atoms with Crippen LogP contribution in [0.4, 0.5) is 0 Å². The average molecular weight is 299 g/mol. The van der Waals surface area contributed by atoms with E-state index in [1.54, 1.807) is 0 Å². The molecule has 22 heavy (non-hydrogen) atoms. The van der Waals surface area contributed by atoms with E-state index in [1.165, 1.54) is 30.4 Å². The lowest BCUT2D eigenvalue weighted by molar-refractivity contribution is 0.0886. The number of carbonyl (C=O) groups excluding carboxylic acids is 1. The largest absolute Gasteiger partial charge is 0.273 e. The van der Waals surface area contributed by atoms with E-state index in [-0.39, 0.29) is 5.91 Å². The number of unbranched alkanes of at least 4 members (excludes halogenated alkanes) is 5. The molecular formula is C18H25N3O. The first-order chi connectivity index (χ1) is 10.8. The molecule has 0 unspecified atom stereocenters. The molecule has 4 heteroatoms. The van der Waals surface area contributed by atoms with Crippen LogP contribution >= 0.6 is 0 Å². The number of benzene rings is 1. The summed E-state index contributed by atoms with van der Waals surface area (Å²) in [4.78, 5) is 12.2. The highest BCUT2D eigenvalue weighted by Crippen LogP contribution is 2.12. The molecule has 0 fully saturated rings. The van der Waals surface area contributed by atoms with Crippen molar-refractivity contribution in [1.29, 1.82) is 0 Å². The normalized spacial score (nSPS) is 11.5. The fourth-order valence-electron chi connectivity index (χ4n) is 2.45. The smallest absolute Gasteiger partial charge is 0.248 e. The molecule has 0 saturated heterocycles. The van der Waals surface area contributed by atoms with Crippen LogP contribution in [0.25, 0.3) is 11.0 Å². The fraction of sp³-hybridized carbons (Fsp3) is 0.500. The summed E-state index contributed by atoms with van der Waals surface area (Å²) in [6.45, 7) is 2.19. The minimum absolute atomic E-state index is 0.0385. The quantitative estimate of drug-likeness (QED) is 0.495. The molecule has 0 N–H and O–H groups in total. The SMILES string of the molecule is CCC/C=C/CCCCCCC(=O)n1nnc2ccccc21. The Bertz CT molecular complexity index is 616. The Kier molecular flexibility index (Phi) is 6.81. The number of rotatable bonds is 9. The molecule has 0 bridgehead atoms. The molecule has 4 nitrogen and oxygen atoms in total. The summed E-state index contributed by atoms with van der Waals surface area (Å²) >= 11 is 0. The highest BCUT2D eigenvalue weighted by atomic mass is 16.2. The molecule has 0 amide bonds. The highest BCUT2D eigenvalue weighted by molar-refractivity contribution is 5.88. The predicted molar refractivity (Wildman–Crippen MR) is 89.9 cm³/mol. The van der Waals surface area contributed by atoms with E-state index in [9.17, 15) is 4.79 Å². The standard InChI is InChI=1S/C18H25N3O/c1-2-3-4-5-6-7-8-9-10-15-18(22)21-17-14-12-11-13-16(17)19-20-21/h4-5,11-14H,2-3,6-10,15H2,1H3/b5-4+. The molecule has 2 aromatic rings. The van der Waals surface area contributed by atoms with Gasteiger partial charge in [-0.15, -0.1) is 5.10 Å². The molecule has 0 aliphatic carbocycles. The lowest BCUT2D eigenvalue weighted by atomic mass is 10.1. The van der Waals surface area contributed by atoms with Crippen LogP contribution in [0.1, 0.15) is 63.1 Å². The molecule has 118 valence electrons. The second kappa shape index (κ2) is 9.13. The summed E-state index contributed by atoms with van der Waals surface area (Å²) in [5.41, 5.74) is 1.57. The minimum atomic E-state index is 0.0385. The van der Waals surface area contributed by atoms with Crippen LogP contribution in [0, 0.1) is 0 Å². The third-order valence-electron chi connectivity index (χ3n) is 3.72. The van der Waals surface area contributed by atoms with Crippen LogP contribution in [-0.4, -0.2) is 20.9 Å². The third kappa shape index (κ3) is 4.79. The lowest BCUT2D eigenvalue weighted by Gasteiger charge is -2.01. The monoisotopic (exact) mass is 299 g/mol. The maximum atomic E-state index is 12.2. The number of fused-ring (bicyclic) bond motifs is 1. The van der Waals surface area contributed by atoms with E-state index in [2.05, 4.69) is 29.4 Å². The van der Waals surface area contributed by atoms with Crippen LogP contribution in [0.3, 0.4) is 0 Å². The summed E-state index contributed by atoms with van der Waals surface area (Å²) in [6, 6.07) is 7.57. The predicted octanol–water partition coefficient (Wildman–Crippen LogP) is 4.77. The van der Waals surface area contributed by atoms with Crippen LogP contribution in [0.2, 0.25) is 0 Å². The molecule has 1 aromatic carbocycles. The summed E-state index contributed by atoms with van der Waals surface area (Å²) in [6.07, 6.45) is 13.0. The van der Waals surface area contributed by atoms with Crippen LogP contribution in [0.5, 0.6) is 0 Å². The molecule has 0 aliphatic rings. The molecule has 0 spiro atoms. The number of hydrogen-bond acceptors (Lipinski definition) is 3. The Morgan fingerprint density at radius 2 is 1.86 bits per heavy atom. The van der Waals surface area contributed by atoms with Crippen molar-refractivity contribution in [3.05, 3.63) is 36.4 Å². The minimum Gasteiger partial charge on any atom is -0.273 e. The molecule has 0 aliphatic heterocycles. The van der Waals surface area contributed by atoms with E-state index >= 15 is 0 Å². The molecule has 0 atom stereocenters. The fourth-order valence-corrected chi connectivity index (χ4v) is 2.45. The van der Waals surface area contributed by atoms with E-state index in [0.717, 1.165) is 30.3 Å². The van der Waals surface area contributed by atoms with Gasteiger partial charge in [0.05, 0.1) is 5.52 Å². The van der Waals surface area contributed by atoms with Gasteiger partial charge in [-0.2, -0.15) is 4.68 Å². The summed E-state index contributed by atoms with van der Waals surface area (Å²) in [7, 11) is 0. The second-order valence-electron chi connectivity index (χ2n) is 5.60. The maximum absolute atomic E-state index is 12.2. The van der Waals surface area contributed by atoms with Crippen LogP contribution in [0.15, 0.2) is 36.4 Å². The number of hydrogen-bond donors (Lipinski definition) is 0.